The van der Waals surface area contributed by atoms with E-state index in [1.807, 2.05) is 182 Å². The average Bonchev–Trinajstić information content (AvgIpc) is 3.24. The molecule has 20 heteroatoms. The van der Waals surface area contributed by atoms with Crippen LogP contribution in [0.4, 0.5) is 0 Å². The standard InChI is InChI=1S/C38H33O3P3.C2H3N.3NO3.Y/c39-42(32-19-7-1-8-20-32,33-21-9-2-10-22-33)31-38(43(40,34-23-11-3-12-24-34)35-25-13-4-14-26-35)44(41,36-27-15-5-16-28-36)37-29-17-6-18-30-37;1-2-3;3*2-1(3)4;/h1-30,38H,31H2;1H3;;;;/q;;3*-1;+3. The number of benzene rings is 6. The largest absolute Gasteiger partial charge is 3.00 e. The van der Waals surface area contributed by atoms with Gasteiger partial charge in [0.05, 0.1) is 26.7 Å². The molecule has 306 valence electrons. The van der Waals surface area contributed by atoms with Crippen LogP contribution in [0.2, 0.25) is 0 Å². The van der Waals surface area contributed by atoms with Crippen LogP contribution < -0.4 is 31.8 Å². The zero-order valence-corrected chi connectivity index (χ0v) is 37.2. The Morgan fingerprint density at radius 3 is 0.750 bits per heavy atom. The summed E-state index contributed by atoms with van der Waals surface area (Å²) >= 11 is 0. The molecule has 0 saturated heterocycles. The molecule has 6 aromatic rings. The summed E-state index contributed by atoms with van der Waals surface area (Å²) in [6.07, 6.45) is -0.0524. The minimum atomic E-state index is -3.76. The van der Waals surface area contributed by atoms with Gasteiger partial charge in [-0.25, -0.2) is 0 Å². The molecule has 0 atom stereocenters. The predicted octanol–water partition coefficient (Wildman–Crippen LogP) is 7.16. The third kappa shape index (κ3) is 15.1. The van der Waals surface area contributed by atoms with E-state index in [4.69, 9.17) is 51.2 Å². The zero-order chi connectivity index (χ0) is 43.9. The molecule has 6 rings (SSSR count). The molecule has 0 aliphatic heterocycles. The van der Waals surface area contributed by atoms with Crippen LogP contribution in [-0.4, -0.2) is 26.8 Å². The van der Waals surface area contributed by atoms with Gasteiger partial charge in [-0.1, -0.05) is 182 Å². The summed E-state index contributed by atoms with van der Waals surface area (Å²) in [5, 5.41) is 54.2. The first-order chi connectivity index (χ1) is 28.1. The van der Waals surface area contributed by atoms with E-state index in [0.717, 1.165) is 0 Å². The summed E-state index contributed by atoms with van der Waals surface area (Å²) in [5.41, 5.74) is 0. The van der Waals surface area contributed by atoms with Gasteiger partial charge in [0.15, 0.2) is 14.3 Å². The van der Waals surface area contributed by atoms with E-state index in [-0.39, 0.29) is 38.9 Å². The first kappa shape index (κ1) is 52.2. The van der Waals surface area contributed by atoms with E-state index < -0.39 is 42.1 Å². The third-order valence-electron chi connectivity index (χ3n) is 8.17. The van der Waals surface area contributed by atoms with Gasteiger partial charge in [0.2, 0.25) is 0 Å². The van der Waals surface area contributed by atoms with Crippen molar-refractivity contribution in [2.24, 2.45) is 0 Å². The molecule has 0 radical (unpaired) electrons. The van der Waals surface area contributed by atoms with Crippen molar-refractivity contribution < 1.29 is 61.7 Å². The SMILES string of the molecule is CC#N.O=P(CC(P(=O)(c1ccccc1)c1ccccc1)P(=O)(c1ccccc1)c1ccccc1)(c1ccccc1)c1ccccc1.O=[N+]([O-])[O-].O=[N+]([O-])[O-].O=[N+]([O-])[O-].[Y+3]. The van der Waals surface area contributed by atoms with E-state index in [9.17, 15) is 0 Å². The molecule has 0 unspecified atom stereocenters. The molecule has 16 nitrogen and oxygen atoms in total. The van der Waals surface area contributed by atoms with Crippen LogP contribution in [-0.2, 0) is 46.4 Å². The van der Waals surface area contributed by atoms with E-state index in [0.29, 0.717) is 31.8 Å². The molecule has 0 heterocycles. The van der Waals surface area contributed by atoms with Crippen LogP contribution >= 0.6 is 21.4 Å². The summed E-state index contributed by atoms with van der Waals surface area (Å²) < 4.78 is 48.5. The molecular formula is C40H36N4O12P3Y. The van der Waals surface area contributed by atoms with Crippen LogP contribution in [0.5, 0.6) is 0 Å². The Morgan fingerprint density at radius 2 is 0.583 bits per heavy atom. The van der Waals surface area contributed by atoms with Crippen LogP contribution in [0.15, 0.2) is 182 Å². The van der Waals surface area contributed by atoms with E-state index in [1.54, 1.807) is 6.07 Å². The molecule has 0 fully saturated rings. The summed E-state index contributed by atoms with van der Waals surface area (Å²) in [5.74, 6) is 0. The number of nitrogens with zero attached hydrogens (tertiary/aromatic N) is 4. The monoisotopic (exact) mass is 946 g/mol. The fourth-order valence-corrected chi connectivity index (χ4v) is 19.5. The van der Waals surface area contributed by atoms with Crippen LogP contribution in [0.25, 0.3) is 0 Å². The Bertz CT molecular complexity index is 2130. The van der Waals surface area contributed by atoms with Gasteiger partial charge in [-0.15, -0.1) is 0 Å². The molecule has 60 heavy (non-hydrogen) atoms. The van der Waals surface area contributed by atoms with Crippen LogP contribution in [0.1, 0.15) is 6.92 Å². The van der Waals surface area contributed by atoms with Gasteiger partial charge in [-0.05, 0) is 0 Å². The second kappa shape index (κ2) is 26.3. The Balaban J connectivity index is 0.000000977. The summed E-state index contributed by atoms with van der Waals surface area (Å²) in [6, 6.07) is 57.9. The number of nitriles is 1. The van der Waals surface area contributed by atoms with E-state index in [2.05, 4.69) is 0 Å². The number of rotatable bonds is 10. The molecule has 0 saturated carbocycles. The van der Waals surface area contributed by atoms with Gasteiger partial charge in [-0.3, -0.25) is 0 Å². The molecule has 0 aliphatic carbocycles. The maximum Gasteiger partial charge on any atom is 3.00 e. The van der Waals surface area contributed by atoms with Gasteiger partial charge < -0.3 is 59.7 Å². The van der Waals surface area contributed by atoms with Crippen LogP contribution in [0, 0.1) is 57.3 Å². The first-order valence-corrected chi connectivity index (χ1v) is 22.4. The third-order valence-corrected chi connectivity index (χ3v) is 20.1. The van der Waals surface area contributed by atoms with Gasteiger partial charge in [0.25, 0.3) is 0 Å². The molecule has 0 aromatic heterocycles. The maximum atomic E-state index is 16.4. The molecule has 6 aromatic carbocycles. The van der Waals surface area contributed by atoms with E-state index in [1.165, 1.54) is 6.92 Å². The van der Waals surface area contributed by atoms with Crippen molar-refractivity contribution in [3.8, 4) is 6.07 Å². The molecular weight excluding hydrogens is 910 g/mol. The zero-order valence-electron chi connectivity index (χ0n) is 31.7. The summed E-state index contributed by atoms with van der Waals surface area (Å²) in [7, 11) is -11.0. The minimum absolute atomic E-state index is 0. The van der Waals surface area contributed by atoms with Gasteiger partial charge in [0, 0.05) is 44.9 Å². The second-order valence-electron chi connectivity index (χ2n) is 11.6. The first-order valence-electron chi connectivity index (χ1n) is 17.0. The maximum absolute atomic E-state index is 16.4. The van der Waals surface area contributed by atoms with Crippen molar-refractivity contribution >= 4 is 53.3 Å². The average molecular weight is 947 g/mol. The second-order valence-corrected chi connectivity index (χ2v) is 20.9. The Kier molecular flexibility index (Phi) is 22.9. The molecule has 0 aliphatic rings. The van der Waals surface area contributed by atoms with Crippen molar-refractivity contribution in [1.82, 2.24) is 0 Å². The quantitative estimate of drug-likeness (QED) is 0.0749. The van der Waals surface area contributed by atoms with Gasteiger partial charge in [0.1, 0.15) is 7.14 Å². The van der Waals surface area contributed by atoms with E-state index >= 15 is 13.7 Å². The fraction of sp³-hybridized carbons (Fsp3) is 0.0750. The number of hydrogen-bond acceptors (Lipinski definition) is 13. The van der Waals surface area contributed by atoms with Crippen molar-refractivity contribution in [1.29, 1.82) is 5.26 Å². The summed E-state index contributed by atoms with van der Waals surface area (Å²) in [6.45, 7) is 1.43. The Labute approximate surface area is 370 Å². The van der Waals surface area contributed by atoms with Crippen LogP contribution in [0.3, 0.4) is 0 Å². The minimum Gasteiger partial charge on any atom is -0.356 e. The molecule has 0 bridgehead atoms. The van der Waals surface area contributed by atoms with Crippen molar-refractivity contribution in [2.75, 3.05) is 6.16 Å². The molecule has 0 spiro atoms. The van der Waals surface area contributed by atoms with Crippen molar-refractivity contribution in [2.45, 2.75) is 12.3 Å². The normalized spacial score (nSPS) is 10.3. The number of hydrogen-bond donors (Lipinski definition) is 0. The van der Waals surface area contributed by atoms with Gasteiger partial charge >= 0.3 is 32.7 Å². The van der Waals surface area contributed by atoms with Crippen molar-refractivity contribution in [3.05, 3.63) is 228 Å². The van der Waals surface area contributed by atoms with Crippen molar-refractivity contribution in [3.63, 3.8) is 0 Å². The van der Waals surface area contributed by atoms with Gasteiger partial charge in [-0.2, -0.15) is 5.26 Å². The Morgan fingerprint density at radius 1 is 0.433 bits per heavy atom. The fourth-order valence-electron chi connectivity index (χ4n) is 5.97. The molecule has 0 amide bonds. The smallest absolute Gasteiger partial charge is 0.356 e. The predicted molar refractivity (Wildman–Crippen MR) is 230 cm³/mol. The summed E-state index contributed by atoms with van der Waals surface area (Å²) in [4.78, 5) is 24.8. The topological polar surface area (TPSA) is 274 Å². The molecule has 0 N–H and O–H groups in total. The Hall–Kier alpha value is -5.80.